The van der Waals surface area contributed by atoms with Gasteiger partial charge in [-0.05, 0) is 32.4 Å². The first-order chi connectivity index (χ1) is 13.8. The van der Waals surface area contributed by atoms with Crippen LogP contribution >= 0.6 is 0 Å². The zero-order valence-electron chi connectivity index (χ0n) is 17.4. The van der Waals surface area contributed by atoms with Gasteiger partial charge in [-0.25, -0.2) is 4.79 Å². The fraction of sp³-hybridized carbons (Fsp3) is 0.950. The monoisotopic (exact) mass is 398 g/mol. The van der Waals surface area contributed by atoms with E-state index < -0.39 is 0 Å². The third-order valence-electron chi connectivity index (χ3n) is 5.79. The molecule has 8 nitrogen and oxygen atoms in total. The normalized spacial score (nSPS) is 30.5. The molecular weight excluding hydrogens is 360 g/mol. The van der Waals surface area contributed by atoms with Crippen LogP contribution in [-0.4, -0.2) is 124 Å². The molecule has 0 aromatic carbocycles. The maximum atomic E-state index is 12.9. The second-order valence-electron chi connectivity index (χ2n) is 7.89. The molecule has 162 valence electrons. The van der Waals surface area contributed by atoms with Crippen molar-refractivity contribution in [1.29, 1.82) is 0 Å². The lowest BCUT2D eigenvalue weighted by atomic mass is 10.2. The standard InChI is InChI=1S/C20H38N4O4/c25-20-23-10-15-26-14-9-21-5-2-1-3-6-22(8-4-7-21)19-28-18-13-24(20)12-17-27-16-11-23/h1-19H2. The van der Waals surface area contributed by atoms with Crippen molar-refractivity contribution in [1.82, 2.24) is 19.6 Å². The molecule has 3 heterocycles. The molecule has 3 saturated heterocycles. The van der Waals surface area contributed by atoms with Crippen molar-refractivity contribution in [2.75, 3.05) is 98.7 Å². The van der Waals surface area contributed by atoms with Gasteiger partial charge in [0.1, 0.15) is 0 Å². The first-order valence-electron chi connectivity index (χ1n) is 11.0. The molecule has 0 N–H and O–H groups in total. The Morgan fingerprint density at radius 1 is 0.500 bits per heavy atom. The van der Waals surface area contributed by atoms with E-state index in [2.05, 4.69) is 9.80 Å². The molecule has 2 amide bonds. The summed E-state index contributed by atoms with van der Waals surface area (Å²) in [6.07, 6.45) is 4.92. The minimum atomic E-state index is 0.0798. The second kappa shape index (κ2) is 12.6. The Morgan fingerprint density at radius 2 is 1.00 bits per heavy atom. The highest BCUT2D eigenvalue weighted by Gasteiger charge is 2.23. The lowest BCUT2D eigenvalue weighted by molar-refractivity contribution is 0.00795. The van der Waals surface area contributed by atoms with Gasteiger partial charge in [0, 0.05) is 45.8 Å². The van der Waals surface area contributed by atoms with E-state index in [0.29, 0.717) is 59.3 Å². The quantitative estimate of drug-likeness (QED) is 0.605. The van der Waals surface area contributed by atoms with Gasteiger partial charge in [-0.3, -0.25) is 4.90 Å². The number of hydrogen-bond acceptors (Lipinski definition) is 6. The lowest BCUT2D eigenvalue weighted by Crippen LogP contribution is -2.50. The summed E-state index contributed by atoms with van der Waals surface area (Å²) in [5, 5.41) is 0. The van der Waals surface area contributed by atoms with E-state index in [-0.39, 0.29) is 6.03 Å². The van der Waals surface area contributed by atoms with E-state index in [1.54, 1.807) is 0 Å². The van der Waals surface area contributed by atoms with Crippen molar-refractivity contribution < 1.29 is 19.0 Å². The van der Waals surface area contributed by atoms with E-state index >= 15 is 0 Å². The molecule has 3 aliphatic rings. The molecular formula is C20H38N4O4. The summed E-state index contributed by atoms with van der Waals surface area (Å²) >= 11 is 0. The molecule has 0 aliphatic carbocycles. The molecule has 3 rings (SSSR count). The van der Waals surface area contributed by atoms with Gasteiger partial charge in [-0.15, -0.1) is 0 Å². The van der Waals surface area contributed by atoms with Gasteiger partial charge in [-0.2, -0.15) is 0 Å². The predicted octanol–water partition coefficient (Wildman–Crippen LogP) is 0.923. The van der Waals surface area contributed by atoms with Gasteiger partial charge in [0.05, 0.1) is 39.8 Å². The molecule has 0 saturated carbocycles. The summed E-state index contributed by atoms with van der Waals surface area (Å²) in [5.74, 6) is 0. The largest absolute Gasteiger partial charge is 0.378 e. The SMILES string of the molecule is O=C1N2CCOCCN3CCCCCN(CCC3)COCCN1CCOCC2. The fourth-order valence-electron chi connectivity index (χ4n) is 4.04. The molecule has 2 atom stereocenters. The molecule has 3 aliphatic heterocycles. The van der Waals surface area contributed by atoms with Crippen molar-refractivity contribution in [3.63, 3.8) is 0 Å². The average Bonchev–Trinajstić information content (AvgIpc) is 2.69. The Labute approximate surface area is 169 Å². The number of urea groups is 1. The summed E-state index contributed by atoms with van der Waals surface area (Å²) in [6.45, 7) is 11.6. The van der Waals surface area contributed by atoms with Crippen LogP contribution in [0.2, 0.25) is 0 Å². The van der Waals surface area contributed by atoms with Crippen molar-refractivity contribution in [2.45, 2.75) is 25.7 Å². The van der Waals surface area contributed by atoms with Gasteiger partial charge in [0.15, 0.2) is 0 Å². The Kier molecular flexibility index (Phi) is 9.79. The molecule has 0 aromatic heterocycles. The minimum absolute atomic E-state index is 0.0798. The first kappa shape index (κ1) is 21.8. The molecule has 0 radical (unpaired) electrons. The molecule has 28 heavy (non-hydrogen) atoms. The summed E-state index contributed by atoms with van der Waals surface area (Å²) in [6, 6.07) is 0.0798. The minimum Gasteiger partial charge on any atom is -0.378 e. The maximum absolute atomic E-state index is 12.9. The molecule has 8 heteroatoms. The van der Waals surface area contributed by atoms with E-state index in [1.807, 2.05) is 9.80 Å². The van der Waals surface area contributed by atoms with E-state index in [4.69, 9.17) is 14.2 Å². The Hall–Kier alpha value is -0.930. The van der Waals surface area contributed by atoms with Crippen LogP contribution in [0.5, 0.6) is 0 Å². The molecule has 0 spiro atoms. The van der Waals surface area contributed by atoms with E-state index in [1.165, 1.54) is 25.7 Å². The van der Waals surface area contributed by atoms with Crippen LogP contribution in [0.4, 0.5) is 4.79 Å². The smallest absolute Gasteiger partial charge is 0.320 e. The number of hydrogen-bond donors (Lipinski definition) is 0. The molecule has 0 aromatic rings. The fourth-order valence-corrected chi connectivity index (χ4v) is 4.04. The van der Waals surface area contributed by atoms with E-state index in [9.17, 15) is 4.79 Å². The number of ether oxygens (including phenoxy) is 3. The molecule has 2 unspecified atom stereocenters. The highest BCUT2D eigenvalue weighted by molar-refractivity contribution is 5.74. The van der Waals surface area contributed by atoms with Crippen LogP contribution in [0.1, 0.15) is 25.7 Å². The summed E-state index contributed by atoms with van der Waals surface area (Å²) in [5.41, 5.74) is 0. The zero-order valence-corrected chi connectivity index (χ0v) is 17.4. The van der Waals surface area contributed by atoms with Gasteiger partial charge < -0.3 is 28.9 Å². The van der Waals surface area contributed by atoms with Crippen LogP contribution < -0.4 is 0 Å². The third kappa shape index (κ3) is 7.48. The third-order valence-corrected chi connectivity index (χ3v) is 5.79. The van der Waals surface area contributed by atoms with Crippen LogP contribution in [0.25, 0.3) is 0 Å². The maximum Gasteiger partial charge on any atom is 0.320 e. The number of carbonyl (C=O) groups is 1. The van der Waals surface area contributed by atoms with Crippen molar-refractivity contribution in [3.8, 4) is 0 Å². The van der Waals surface area contributed by atoms with Crippen LogP contribution in [0.15, 0.2) is 0 Å². The van der Waals surface area contributed by atoms with Crippen molar-refractivity contribution in [2.24, 2.45) is 0 Å². The number of fused-ring (bicyclic) bond motifs is 6. The molecule has 4 bridgehead atoms. The van der Waals surface area contributed by atoms with Gasteiger partial charge >= 0.3 is 6.03 Å². The average molecular weight is 399 g/mol. The predicted molar refractivity (Wildman–Crippen MR) is 107 cm³/mol. The summed E-state index contributed by atoms with van der Waals surface area (Å²) in [4.78, 5) is 21.5. The molecule has 3 fully saturated rings. The lowest BCUT2D eigenvalue weighted by Gasteiger charge is -2.33. The van der Waals surface area contributed by atoms with Crippen LogP contribution in [-0.2, 0) is 14.2 Å². The topological polar surface area (TPSA) is 57.7 Å². The first-order valence-corrected chi connectivity index (χ1v) is 11.0. The van der Waals surface area contributed by atoms with E-state index in [0.717, 1.165) is 39.3 Å². The zero-order chi connectivity index (χ0) is 19.4. The highest BCUT2D eigenvalue weighted by Crippen LogP contribution is 2.08. The number of carbonyl (C=O) groups excluding carboxylic acids is 1. The van der Waals surface area contributed by atoms with Crippen molar-refractivity contribution in [3.05, 3.63) is 0 Å². The Morgan fingerprint density at radius 3 is 1.68 bits per heavy atom. The number of rotatable bonds is 0. The van der Waals surface area contributed by atoms with Gasteiger partial charge in [0.25, 0.3) is 0 Å². The van der Waals surface area contributed by atoms with Gasteiger partial charge in [-0.1, -0.05) is 6.42 Å². The summed E-state index contributed by atoms with van der Waals surface area (Å²) in [7, 11) is 0. The van der Waals surface area contributed by atoms with Crippen LogP contribution in [0.3, 0.4) is 0 Å². The summed E-state index contributed by atoms with van der Waals surface area (Å²) < 4.78 is 17.5. The van der Waals surface area contributed by atoms with Crippen molar-refractivity contribution >= 4 is 6.03 Å². The highest BCUT2D eigenvalue weighted by atomic mass is 16.5. The number of amides is 2. The second-order valence-corrected chi connectivity index (χ2v) is 7.89. The van der Waals surface area contributed by atoms with Crippen LogP contribution in [0, 0.1) is 0 Å². The Bertz CT molecular complexity index is 454. The Balaban J connectivity index is 1.60. The number of nitrogens with zero attached hydrogens (tertiary/aromatic N) is 4. The van der Waals surface area contributed by atoms with Gasteiger partial charge in [0.2, 0.25) is 0 Å².